The van der Waals surface area contributed by atoms with E-state index in [1.807, 2.05) is 37.3 Å². The normalized spacial score (nSPS) is 11.9. The maximum atomic E-state index is 14.4. The Balaban J connectivity index is 1.81. The Bertz CT molecular complexity index is 1670. The van der Waals surface area contributed by atoms with Gasteiger partial charge in [0, 0.05) is 29.6 Å². The molecular weight excluding hydrogens is 641 g/mol. The number of sulfonamides is 1. The molecule has 0 aromatic heterocycles. The summed E-state index contributed by atoms with van der Waals surface area (Å²) in [4.78, 5) is 29.5. The molecule has 2 amide bonds. The molecule has 0 saturated carbocycles. The van der Waals surface area contributed by atoms with E-state index in [-0.39, 0.29) is 34.5 Å². The van der Waals surface area contributed by atoms with Crippen molar-refractivity contribution < 1.29 is 18.0 Å². The molecule has 0 unspecified atom stereocenters. The maximum absolute atomic E-state index is 14.4. The zero-order valence-electron chi connectivity index (χ0n) is 24.0. The number of rotatable bonds is 13. The number of nitrogens with zero attached hydrogens (tertiary/aromatic N) is 2. The molecule has 44 heavy (non-hydrogen) atoms. The molecule has 11 heteroatoms. The summed E-state index contributed by atoms with van der Waals surface area (Å²) in [5, 5.41) is 3.80. The molecule has 0 bridgehead atoms. The van der Waals surface area contributed by atoms with Gasteiger partial charge in [-0.1, -0.05) is 102 Å². The predicted molar refractivity (Wildman–Crippen MR) is 177 cm³/mol. The summed E-state index contributed by atoms with van der Waals surface area (Å²) >= 11 is 18.8. The summed E-state index contributed by atoms with van der Waals surface area (Å²) in [5.41, 5.74) is 1.63. The minimum Gasteiger partial charge on any atom is -0.354 e. The number of hydrogen-bond donors (Lipinski definition) is 1. The van der Waals surface area contributed by atoms with Crippen LogP contribution in [0.3, 0.4) is 0 Å². The van der Waals surface area contributed by atoms with E-state index in [9.17, 15) is 18.0 Å². The van der Waals surface area contributed by atoms with Crippen molar-refractivity contribution in [1.82, 2.24) is 10.2 Å². The molecule has 0 radical (unpaired) electrons. The van der Waals surface area contributed by atoms with Gasteiger partial charge in [-0.2, -0.15) is 0 Å². The average molecular weight is 673 g/mol. The van der Waals surface area contributed by atoms with Gasteiger partial charge in [-0.05, 0) is 60.0 Å². The molecule has 4 aromatic rings. The number of amides is 2. The van der Waals surface area contributed by atoms with Crippen molar-refractivity contribution >= 4 is 62.3 Å². The minimum absolute atomic E-state index is 0.0235. The van der Waals surface area contributed by atoms with E-state index in [1.54, 1.807) is 42.5 Å². The summed E-state index contributed by atoms with van der Waals surface area (Å²) < 4.78 is 29.0. The van der Waals surface area contributed by atoms with Crippen molar-refractivity contribution in [1.29, 1.82) is 0 Å². The van der Waals surface area contributed by atoms with Crippen LogP contribution in [0, 0.1) is 0 Å². The Kier molecular flexibility index (Phi) is 11.7. The SMILES string of the molecule is CCCNC(=O)[C@H](Cc1ccccc1)N(Cc1ccc(Cl)cc1)C(=O)CN(c1ccc(Cl)cc1Cl)S(=O)(=O)c1ccccc1. The van der Waals surface area contributed by atoms with Gasteiger partial charge < -0.3 is 10.2 Å². The third kappa shape index (κ3) is 8.54. The van der Waals surface area contributed by atoms with Crippen LogP contribution in [0.25, 0.3) is 0 Å². The van der Waals surface area contributed by atoms with Crippen LogP contribution in [-0.4, -0.2) is 44.3 Å². The van der Waals surface area contributed by atoms with E-state index in [1.165, 1.54) is 35.2 Å². The van der Waals surface area contributed by atoms with Crippen molar-refractivity contribution in [2.75, 3.05) is 17.4 Å². The highest BCUT2D eigenvalue weighted by Crippen LogP contribution is 2.33. The second kappa shape index (κ2) is 15.4. The molecule has 4 aromatic carbocycles. The number of benzene rings is 4. The molecule has 4 rings (SSSR count). The molecule has 0 aliphatic rings. The summed E-state index contributed by atoms with van der Waals surface area (Å²) in [5.74, 6) is -0.946. The van der Waals surface area contributed by atoms with Crippen LogP contribution in [0.4, 0.5) is 5.69 Å². The number of carbonyl (C=O) groups is 2. The van der Waals surface area contributed by atoms with Gasteiger partial charge in [0.1, 0.15) is 12.6 Å². The summed E-state index contributed by atoms with van der Waals surface area (Å²) in [6, 6.07) is 27.5. The fourth-order valence-electron chi connectivity index (χ4n) is 4.62. The van der Waals surface area contributed by atoms with E-state index in [0.29, 0.717) is 28.6 Å². The number of anilines is 1. The third-order valence-corrected chi connectivity index (χ3v) is 9.44. The highest BCUT2D eigenvalue weighted by Gasteiger charge is 2.35. The molecule has 7 nitrogen and oxygen atoms in total. The lowest BCUT2D eigenvalue weighted by molar-refractivity contribution is -0.140. The first-order valence-electron chi connectivity index (χ1n) is 14.0. The Labute approximate surface area is 273 Å². The van der Waals surface area contributed by atoms with Crippen molar-refractivity contribution in [3.63, 3.8) is 0 Å². The lowest BCUT2D eigenvalue weighted by atomic mass is 10.0. The number of carbonyl (C=O) groups excluding carboxylic acids is 2. The first kappa shape index (κ1) is 33.3. The van der Waals surface area contributed by atoms with Gasteiger partial charge in [0.15, 0.2) is 0 Å². The zero-order valence-corrected chi connectivity index (χ0v) is 27.1. The molecule has 1 atom stereocenters. The van der Waals surface area contributed by atoms with Crippen molar-refractivity contribution in [2.24, 2.45) is 0 Å². The van der Waals surface area contributed by atoms with Crippen LogP contribution < -0.4 is 9.62 Å². The quantitative estimate of drug-likeness (QED) is 0.166. The molecule has 0 aliphatic heterocycles. The predicted octanol–water partition coefficient (Wildman–Crippen LogP) is 7.01. The van der Waals surface area contributed by atoms with Crippen molar-refractivity contribution in [3.05, 3.63) is 129 Å². The van der Waals surface area contributed by atoms with Crippen LogP contribution in [0.2, 0.25) is 15.1 Å². The van der Waals surface area contributed by atoms with Gasteiger partial charge in [-0.25, -0.2) is 8.42 Å². The van der Waals surface area contributed by atoms with Crippen LogP contribution in [0.15, 0.2) is 108 Å². The van der Waals surface area contributed by atoms with Crippen LogP contribution in [-0.2, 0) is 32.6 Å². The molecule has 0 fully saturated rings. The largest absolute Gasteiger partial charge is 0.354 e. The zero-order chi connectivity index (χ0) is 31.7. The van der Waals surface area contributed by atoms with E-state index >= 15 is 0 Å². The first-order valence-corrected chi connectivity index (χ1v) is 16.6. The Morgan fingerprint density at radius 1 is 0.795 bits per heavy atom. The molecule has 0 spiro atoms. The van der Waals surface area contributed by atoms with Gasteiger partial charge in [0.05, 0.1) is 15.6 Å². The molecule has 230 valence electrons. The Morgan fingerprint density at radius 3 is 2.02 bits per heavy atom. The summed E-state index contributed by atoms with van der Waals surface area (Å²) in [7, 11) is -4.28. The topological polar surface area (TPSA) is 86.8 Å². The molecule has 0 aliphatic carbocycles. The second-order valence-electron chi connectivity index (χ2n) is 10.1. The van der Waals surface area contributed by atoms with Crippen LogP contribution in [0.1, 0.15) is 24.5 Å². The lowest BCUT2D eigenvalue weighted by Gasteiger charge is -2.34. The van der Waals surface area contributed by atoms with Gasteiger partial charge in [-0.3, -0.25) is 13.9 Å². The maximum Gasteiger partial charge on any atom is 0.264 e. The van der Waals surface area contributed by atoms with Gasteiger partial charge >= 0.3 is 0 Å². The van der Waals surface area contributed by atoms with Crippen LogP contribution in [0.5, 0.6) is 0 Å². The highest BCUT2D eigenvalue weighted by molar-refractivity contribution is 7.92. The Morgan fingerprint density at radius 2 is 1.41 bits per heavy atom. The molecular formula is C33H32Cl3N3O4S. The first-order chi connectivity index (χ1) is 21.1. The molecule has 1 N–H and O–H groups in total. The second-order valence-corrected chi connectivity index (χ2v) is 13.2. The smallest absolute Gasteiger partial charge is 0.264 e. The summed E-state index contributed by atoms with van der Waals surface area (Å²) in [6.45, 7) is 1.76. The Hall–Kier alpha value is -3.56. The fourth-order valence-corrected chi connectivity index (χ4v) is 6.76. The average Bonchev–Trinajstić information content (AvgIpc) is 3.02. The summed E-state index contributed by atoms with van der Waals surface area (Å²) in [6.07, 6.45) is 0.913. The van der Waals surface area contributed by atoms with Gasteiger partial charge in [0.2, 0.25) is 11.8 Å². The highest BCUT2D eigenvalue weighted by atomic mass is 35.5. The number of nitrogens with one attached hydrogen (secondary N) is 1. The lowest BCUT2D eigenvalue weighted by Crippen LogP contribution is -2.53. The van der Waals surface area contributed by atoms with E-state index < -0.39 is 28.5 Å². The number of halogens is 3. The van der Waals surface area contributed by atoms with E-state index in [2.05, 4.69) is 5.32 Å². The minimum atomic E-state index is -4.28. The molecule has 0 heterocycles. The standard InChI is InChI=1S/C33H32Cl3N3O4S/c1-2-19-37-33(41)31(20-24-9-5-3-6-10-24)38(22-25-13-15-26(34)16-14-25)32(40)23-39(30-18-17-27(35)21-29(30)36)44(42,43)28-11-7-4-8-12-28/h3-18,21,31H,2,19-20,22-23H2,1H3,(H,37,41)/t31-/m0/s1. The fraction of sp³-hybridized carbons (Fsp3) is 0.212. The molecule has 0 saturated heterocycles. The number of hydrogen-bond acceptors (Lipinski definition) is 4. The van der Waals surface area contributed by atoms with Crippen molar-refractivity contribution in [2.45, 2.75) is 37.2 Å². The third-order valence-electron chi connectivity index (χ3n) is 6.87. The van der Waals surface area contributed by atoms with E-state index in [0.717, 1.165) is 9.87 Å². The van der Waals surface area contributed by atoms with E-state index in [4.69, 9.17) is 34.8 Å². The monoisotopic (exact) mass is 671 g/mol. The van der Waals surface area contributed by atoms with Gasteiger partial charge in [-0.15, -0.1) is 0 Å². The van der Waals surface area contributed by atoms with Crippen molar-refractivity contribution in [3.8, 4) is 0 Å². The van der Waals surface area contributed by atoms with Gasteiger partial charge in [0.25, 0.3) is 10.0 Å². The van der Waals surface area contributed by atoms with Crippen LogP contribution >= 0.6 is 34.8 Å².